The van der Waals surface area contributed by atoms with Crippen LogP contribution in [0.5, 0.6) is 0 Å². The molecule has 2 aromatic rings. The fourth-order valence-corrected chi connectivity index (χ4v) is 2.44. The van der Waals surface area contributed by atoms with Crippen molar-refractivity contribution < 1.29 is 5.11 Å². The smallest absolute Gasteiger partial charge is 0.0869 e. The molecule has 0 aliphatic carbocycles. The van der Waals surface area contributed by atoms with E-state index < -0.39 is 5.60 Å². The molecule has 1 N–H and O–H groups in total. The molecular formula is C17H19ClO. The van der Waals surface area contributed by atoms with E-state index in [1.807, 2.05) is 49.4 Å². The van der Waals surface area contributed by atoms with E-state index in [0.717, 1.165) is 24.8 Å². The van der Waals surface area contributed by atoms with Gasteiger partial charge in [0.05, 0.1) is 5.60 Å². The van der Waals surface area contributed by atoms with Gasteiger partial charge in [0.2, 0.25) is 0 Å². The lowest BCUT2D eigenvalue weighted by atomic mass is 9.90. The van der Waals surface area contributed by atoms with Gasteiger partial charge in [-0.15, -0.1) is 0 Å². The van der Waals surface area contributed by atoms with E-state index in [9.17, 15) is 5.11 Å². The molecule has 0 aliphatic rings. The second-order valence-electron chi connectivity index (χ2n) is 5.12. The summed E-state index contributed by atoms with van der Waals surface area (Å²) in [5, 5.41) is 11.2. The Bertz CT molecular complexity index is 520. The van der Waals surface area contributed by atoms with Crippen molar-refractivity contribution >= 4 is 11.6 Å². The van der Waals surface area contributed by atoms with Gasteiger partial charge in [0.25, 0.3) is 0 Å². The quantitative estimate of drug-likeness (QED) is 0.847. The Morgan fingerprint density at radius 3 is 2.47 bits per heavy atom. The van der Waals surface area contributed by atoms with Crippen LogP contribution in [-0.2, 0) is 12.0 Å². The molecule has 2 aromatic carbocycles. The maximum Gasteiger partial charge on any atom is 0.0869 e. The first kappa shape index (κ1) is 14.1. The zero-order valence-electron chi connectivity index (χ0n) is 11.1. The summed E-state index contributed by atoms with van der Waals surface area (Å²) in [6, 6.07) is 17.8. The second kappa shape index (κ2) is 6.23. The minimum atomic E-state index is -0.820. The fraction of sp³-hybridized carbons (Fsp3) is 0.294. The largest absolute Gasteiger partial charge is 0.385 e. The highest BCUT2D eigenvalue weighted by Crippen LogP contribution is 2.28. The normalized spacial score (nSPS) is 14.1. The predicted octanol–water partition coefficient (Wildman–Crippen LogP) is 4.57. The van der Waals surface area contributed by atoms with Gasteiger partial charge in [-0.25, -0.2) is 0 Å². The molecule has 0 heterocycles. The SMILES string of the molecule is CC(O)(CCCc1ccccc1)c1cccc(Cl)c1. The Morgan fingerprint density at radius 1 is 1.05 bits per heavy atom. The maximum absolute atomic E-state index is 10.5. The van der Waals surface area contributed by atoms with Crippen molar-refractivity contribution in [2.45, 2.75) is 31.8 Å². The number of hydrogen-bond acceptors (Lipinski definition) is 1. The molecule has 0 aromatic heterocycles. The Balaban J connectivity index is 1.94. The Kier molecular flexibility index (Phi) is 4.62. The van der Waals surface area contributed by atoms with Crippen LogP contribution in [0, 0.1) is 0 Å². The molecule has 100 valence electrons. The third kappa shape index (κ3) is 4.09. The third-order valence-corrected chi connectivity index (χ3v) is 3.65. The number of aliphatic hydroxyl groups is 1. The lowest BCUT2D eigenvalue weighted by Crippen LogP contribution is -2.21. The maximum atomic E-state index is 10.5. The van der Waals surface area contributed by atoms with Gasteiger partial charge in [-0.1, -0.05) is 54.1 Å². The predicted molar refractivity (Wildman–Crippen MR) is 80.4 cm³/mol. The van der Waals surface area contributed by atoms with Gasteiger partial charge in [0.1, 0.15) is 0 Å². The molecule has 0 aliphatic heterocycles. The van der Waals surface area contributed by atoms with Crippen molar-refractivity contribution in [1.82, 2.24) is 0 Å². The van der Waals surface area contributed by atoms with Gasteiger partial charge >= 0.3 is 0 Å². The molecule has 0 saturated carbocycles. The van der Waals surface area contributed by atoms with Gasteiger partial charge in [-0.3, -0.25) is 0 Å². The Labute approximate surface area is 119 Å². The lowest BCUT2D eigenvalue weighted by Gasteiger charge is -2.24. The summed E-state index contributed by atoms with van der Waals surface area (Å²) < 4.78 is 0. The molecular weight excluding hydrogens is 256 g/mol. The van der Waals surface area contributed by atoms with E-state index in [-0.39, 0.29) is 0 Å². The van der Waals surface area contributed by atoms with Gasteiger partial charge in [0.15, 0.2) is 0 Å². The molecule has 19 heavy (non-hydrogen) atoms. The Morgan fingerprint density at radius 2 is 1.79 bits per heavy atom. The number of halogens is 1. The summed E-state index contributed by atoms with van der Waals surface area (Å²) in [6.45, 7) is 1.85. The molecule has 0 spiro atoms. The summed E-state index contributed by atoms with van der Waals surface area (Å²) >= 11 is 5.97. The molecule has 0 saturated heterocycles. The standard InChI is InChI=1S/C17H19ClO/c1-17(19,15-10-5-11-16(18)13-15)12-6-9-14-7-3-2-4-8-14/h2-5,7-8,10-11,13,19H,6,9,12H2,1H3. The molecule has 1 nitrogen and oxygen atoms in total. The summed E-state index contributed by atoms with van der Waals surface area (Å²) in [6.07, 6.45) is 2.66. The Hall–Kier alpha value is -1.31. The molecule has 0 bridgehead atoms. The van der Waals surface area contributed by atoms with Crippen molar-refractivity contribution in [2.24, 2.45) is 0 Å². The van der Waals surface area contributed by atoms with Crippen LogP contribution in [0.3, 0.4) is 0 Å². The first-order chi connectivity index (χ1) is 9.08. The van der Waals surface area contributed by atoms with Gasteiger partial charge < -0.3 is 5.11 Å². The van der Waals surface area contributed by atoms with Crippen LogP contribution in [0.4, 0.5) is 0 Å². The van der Waals surface area contributed by atoms with Crippen LogP contribution in [0.1, 0.15) is 30.9 Å². The number of aryl methyl sites for hydroxylation is 1. The first-order valence-corrected chi connectivity index (χ1v) is 6.98. The van der Waals surface area contributed by atoms with E-state index in [1.165, 1.54) is 5.56 Å². The molecule has 1 atom stereocenters. The van der Waals surface area contributed by atoms with Crippen LogP contribution >= 0.6 is 11.6 Å². The third-order valence-electron chi connectivity index (χ3n) is 3.42. The average molecular weight is 275 g/mol. The van der Waals surface area contributed by atoms with Crippen molar-refractivity contribution in [3.63, 3.8) is 0 Å². The summed E-state index contributed by atoms with van der Waals surface area (Å²) in [5.41, 5.74) is 1.37. The molecule has 2 heteroatoms. The van der Waals surface area contributed by atoms with Gasteiger partial charge in [0, 0.05) is 5.02 Å². The summed E-state index contributed by atoms with van der Waals surface area (Å²) in [4.78, 5) is 0. The van der Waals surface area contributed by atoms with E-state index in [4.69, 9.17) is 11.6 Å². The van der Waals surface area contributed by atoms with Crippen LogP contribution in [-0.4, -0.2) is 5.11 Å². The zero-order chi connectivity index (χ0) is 13.7. The number of hydrogen-bond donors (Lipinski definition) is 1. The minimum Gasteiger partial charge on any atom is -0.385 e. The van der Waals surface area contributed by atoms with Crippen LogP contribution in [0.2, 0.25) is 5.02 Å². The molecule has 0 radical (unpaired) electrons. The van der Waals surface area contributed by atoms with Gasteiger partial charge in [-0.05, 0) is 49.4 Å². The molecule has 1 unspecified atom stereocenters. The highest BCUT2D eigenvalue weighted by atomic mass is 35.5. The highest BCUT2D eigenvalue weighted by Gasteiger charge is 2.22. The van der Waals surface area contributed by atoms with Crippen LogP contribution in [0.15, 0.2) is 54.6 Å². The first-order valence-electron chi connectivity index (χ1n) is 6.60. The van der Waals surface area contributed by atoms with Crippen molar-refractivity contribution in [2.75, 3.05) is 0 Å². The monoisotopic (exact) mass is 274 g/mol. The topological polar surface area (TPSA) is 20.2 Å². The molecule has 0 amide bonds. The minimum absolute atomic E-state index is 0.667. The average Bonchev–Trinajstić information content (AvgIpc) is 2.40. The van der Waals surface area contributed by atoms with Crippen molar-refractivity contribution in [1.29, 1.82) is 0 Å². The lowest BCUT2D eigenvalue weighted by molar-refractivity contribution is 0.0457. The van der Waals surface area contributed by atoms with Crippen LogP contribution in [0.25, 0.3) is 0 Å². The molecule has 0 fully saturated rings. The molecule has 2 rings (SSSR count). The fourth-order valence-electron chi connectivity index (χ4n) is 2.25. The van der Waals surface area contributed by atoms with Gasteiger partial charge in [-0.2, -0.15) is 0 Å². The number of benzene rings is 2. The van der Waals surface area contributed by atoms with E-state index in [0.29, 0.717) is 5.02 Å². The summed E-state index contributed by atoms with van der Waals surface area (Å²) in [5.74, 6) is 0. The van der Waals surface area contributed by atoms with E-state index in [1.54, 1.807) is 0 Å². The van der Waals surface area contributed by atoms with Crippen molar-refractivity contribution in [3.05, 3.63) is 70.7 Å². The summed E-state index contributed by atoms with van der Waals surface area (Å²) in [7, 11) is 0. The van der Waals surface area contributed by atoms with E-state index >= 15 is 0 Å². The zero-order valence-corrected chi connectivity index (χ0v) is 11.9. The number of rotatable bonds is 5. The van der Waals surface area contributed by atoms with E-state index in [2.05, 4.69) is 12.1 Å². The second-order valence-corrected chi connectivity index (χ2v) is 5.56. The van der Waals surface area contributed by atoms with Crippen LogP contribution < -0.4 is 0 Å². The highest BCUT2D eigenvalue weighted by molar-refractivity contribution is 6.30. The van der Waals surface area contributed by atoms with Crippen molar-refractivity contribution in [3.8, 4) is 0 Å².